The van der Waals surface area contributed by atoms with Gasteiger partial charge in [0, 0.05) is 38.2 Å². The molecule has 1 unspecified atom stereocenters. The number of carbonyl (C=O) groups excluding carboxylic acids is 2. The number of ether oxygens (including phenoxy) is 1. The van der Waals surface area contributed by atoms with E-state index in [1.807, 2.05) is 54.6 Å². The fourth-order valence-corrected chi connectivity index (χ4v) is 4.99. The Morgan fingerprint density at radius 1 is 1.00 bits per heavy atom. The molecular formula is C31H34ClN3O5. The number of nitro groups is 1. The number of morpholine rings is 1. The number of halogens is 1. The number of hydrogen-bond donors (Lipinski definition) is 0. The highest BCUT2D eigenvalue weighted by molar-refractivity contribution is 6.34. The second-order valence-electron chi connectivity index (χ2n) is 10.9. The maximum Gasteiger partial charge on any atom is 0.270 e. The van der Waals surface area contributed by atoms with Crippen molar-refractivity contribution in [3.8, 4) is 0 Å². The third-order valence-corrected chi connectivity index (χ3v) is 7.40. The second-order valence-corrected chi connectivity index (χ2v) is 11.4. The first-order valence-electron chi connectivity index (χ1n) is 13.3. The van der Waals surface area contributed by atoms with Crippen molar-refractivity contribution in [3.63, 3.8) is 0 Å². The zero-order valence-electron chi connectivity index (χ0n) is 23.0. The highest BCUT2D eigenvalue weighted by Gasteiger charge is 2.35. The molecule has 8 nitrogen and oxygen atoms in total. The Morgan fingerprint density at radius 2 is 1.65 bits per heavy atom. The molecule has 4 rings (SSSR count). The maximum atomic E-state index is 14.2. The lowest BCUT2D eigenvalue weighted by Gasteiger charge is -2.36. The molecule has 1 fully saturated rings. The number of non-ortho nitro benzene ring substituents is 1. The smallest absolute Gasteiger partial charge is 0.270 e. The molecule has 1 saturated heterocycles. The molecule has 3 aromatic carbocycles. The average molecular weight is 564 g/mol. The molecule has 3 aromatic rings. The van der Waals surface area contributed by atoms with Crippen LogP contribution >= 0.6 is 11.6 Å². The summed E-state index contributed by atoms with van der Waals surface area (Å²) < 4.78 is 5.46. The van der Waals surface area contributed by atoms with Crippen LogP contribution in [0.25, 0.3) is 0 Å². The van der Waals surface area contributed by atoms with Gasteiger partial charge in [-0.15, -0.1) is 0 Å². The topological polar surface area (TPSA) is 93.0 Å². The molecule has 0 N–H and O–H groups in total. The summed E-state index contributed by atoms with van der Waals surface area (Å²) in [5.41, 5.74) is 2.76. The van der Waals surface area contributed by atoms with Crippen molar-refractivity contribution in [2.75, 3.05) is 26.3 Å². The van der Waals surface area contributed by atoms with E-state index in [2.05, 4.69) is 20.8 Å². The van der Waals surface area contributed by atoms with Crippen LogP contribution in [0.15, 0.2) is 72.8 Å². The van der Waals surface area contributed by atoms with Crippen LogP contribution in [0, 0.1) is 10.1 Å². The molecule has 2 amide bonds. The molecule has 1 heterocycles. The minimum atomic E-state index is -0.832. The fourth-order valence-electron chi connectivity index (χ4n) is 4.74. The van der Waals surface area contributed by atoms with Crippen LogP contribution in [0.5, 0.6) is 0 Å². The minimum Gasteiger partial charge on any atom is -0.378 e. The van der Waals surface area contributed by atoms with E-state index < -0.39 is 16.9 Å². The Balaban J connectivity index is 1.77. The number of amides is 2. The number of carbonyl (C=O) groups is 2. The first-order chi connectivity index (χ1) is 19.0. The molecule has 40 heavy (non-hydrogen) atoms. The predicted octanol–water partition coefficient (Wildman–Crippen LogP) is 5.66. The molecule has 1 aliphatic rings. The second kappa shape index (κ2) is 12.6. The van der Waals surface area contributed by atoms with Gasteiger partial charge in [0.15, 0.2) is 0 Å². The SMILES string of the molecule is CC(C)(C)c1ccc(CN(C(=O)c2ccc([N+](=O)[O-])cc2Cl)C(Cc2ccccc2)C(=O)N2CCOCC2)cc1. The van der Waals surface area contributed by atoms with Gasteiger partial charge < -0.3 is 14.5 Å². The van der Waals surface area contributed by atoms with Crippen LogP contribution in [0.4, 0.5) is 5.69 Å². The van der Waals surface area contributed by atoms with E-state index in [4.69, 9.17) is 16.3 Å². The van der Waals surface area contributed by atoms with Crippen LogP contribution in [0.1, 0.15) is 47.8 Å². The van der Waals surface area contributed by atoms with Gasteiger partial charge in [-0.1, -0.05) is 87.0 Å². The summed E-state index contributed by atoms with van der Waals surface area (Å²) in [6, 6.07) is 20.5. The van der Waals surface area contributed by atoms with E-state index in [0.29, 0.717) is 32.7 Å². The normalized spacial score (nSPS) is 14.4. The maximum absolute atomic E-state index is 14.2. The average Bonchev–Trinajstić information content (AvgIpc) is 2.95. The van der Waals surface area contributed by atoms with E-state index >= 15 is 0 Å². The predicted molar refractivity (Wildman–Crippen MR) is 154 cm³/mol. The number of rotatable bonds is 8. The van der Waals surface area contributed by atoms with Gasteiger partial charge in [-0.2, -0.15) is 0 Å². The summed E-state index contributed by atoms with van der Waals surface area (Å²) in [5.74, 6) is -0.646. The zero-order chi connectivity index (χ0) is 28.9. The van der Waals surface area contributed by atoms with Crippen molar-refractivity contribution in [1.82, 2.24) is 9.80 Å². The molecule has 1 aliphatic heterocycles. The van der Waals surface area contributed by atoms with Gasteiger partial charge in [-0.25, -0.2) is 0 Å². The van der Waals surface area contributed by atoms with Crippen LogP contribution in [-0.4, -0.2) is 58.9 Å². The lowest BCUT2D eigenvalue weighted by atomic mass is 9.86. The van der Waals surface area contributed by atoms with Gasteiger partial charge in [0.05, 0.1) is 28.7 Å². The van der Waals surface area contributed by atoms with Crippen LogP contribution in [0.2, 0.25) is 5.02 Å². The van der Waals surface area contributed by atoms with Gasteiger partial charge in [-0.05, 0) is 28.2 Å². The standard InChI is InChI=1S/C31H34ClN3O5/c1-31(2,3)24-11-9-23(10-12-24)21-34(29(36)26-14-13-25(35(38)39)20-27(26)32)28(19-22-7-5-4-6-8-22)30(37)33-15-17-40-18-16-33/h4-14,20,28H,15-19,21H2,1-3H3. The fraction of sp³-hybridized carbons (Fsp3) is 0.355. The Hall–Kier alpha value is -3.75. The van der Waals surface area contributed by atoms with E-state index in [1.54, 1.807) is 9.80 Å². The molecule has 0 spiro atoms. The van der Waals surface area contributed by atoms with E-state index in [9.17, 15) is 19.7 Å². The molecule has 0 aliphatic carbocycles. The van der Waals surface area contributed by atoms with E-state index in [1.165, 1.54) is 18.2 Å². The molecule has 210 valence electrons. The van der Waals surface area contributed by atoms with Crippen molar-refractivity contribution in [3.05, 3.63) is 110 Å². The Bertz CT molecular complexity index is 1350. The number of nitro benzene ring substituents is 1. The van der Waals surface area contributed by atoms with Crippen molar-refractivity contribution in [1.29, 1.82) is 0 Å². The molecule has 0 radical (unpaired) electrons. The van der Waals surface area contributed by atoms with Gasteiger partial charge in [-0.3, -0.25) is 19.7 Å². The molecular weight excluding hydrogens is 530 g/mol. The van der Waals surface area contributed by atoms with E-state index in [0.717, 1.165) is 16.7 Å². The van der Waals surface area contributed by atoms with E-state index in [-0.39, 0.29) is 34.1 Å². The summed E-state index contributed by atoms with van der Waals surface area (Å²) in [7, 11) is 0. The van der Waals surface area contributed by atoms with Gasteiger partial charge in [0.25, 0.3) is 11.6 Å². The van der Waals surface area contributed by atoms with Crippen molar-refractivity contribution in [2.24, 2.45) is 0 Å². The summed E-state index contributed by atoms with van der Waals surface area (Å²) in [4.78, 5) is 42.2. The third kappa shape index (κ3) is 7.06. The van der Waals surface area contributed by atoms with Crippen LogP contribution in [-0.2, 0) is 27.9 Å². The quantitative estimate of drug-likeness (QED) is 0.260. The summed E-state index contributed by atoms with van der Waals surface area (Å²) in [5, 5.41) is 11.2. The number of hydrogen-bond acceptors (Lipinski definition) is 5. The largest absolute Gasteiger partial charge is 0.378 e. The minimum absolute atomic E-state index is 0.0374. The molecule has 0 saturated carbocycles. The Kier molecular flexibility index (Phi) is 9.22. The highest BCUT2D eigenvalue weighted by Crippen LogP contribution is 2.28. The number of nitrogens with zero attached hydrogens (tertiary/aromatic N) is 3. The van der Waals surface area contributed by atoms with Gasteiger partial charge >= 0.3 is 0 Å². The lowest BCUT2D eigenvalue weighted by molar-refractivity contribution is -0.384. The molecule has 0 aromatic heterocycles. The van der Waals surface area contributed by atoms with Crippen LogP contribution < -0.4 is 0 Å². The molecule has 9 heteroatoms. The van der Waals surface area contributed by atoms with Gasteiger partial charge in [0.2, 0.25) is 5.91 Å². The summed E-state index contributed by atoms with van der Waals surface area (Å²) in [6.45, 7) is 8.28. The molecule has 0 bridgehead atoms. The number of benzene rings is 3. The summed E-state index contributed by atoms with van der Waals surface area (Å²) >= 11 is 6.42. The third-order valence-electron chi connectivity index (χ3n) is 7.08. The van der Waals surface area contributed by atoms with Crippen molar-refractivity contribution < 1.29 is 19.2 Å². The lowest BCUT2D eigenvalue weighted by Crippen LogP contribution is -2.54. The zero-order valence-corrected chi connectivity index (χ0v) is 23.8. The van der Waals surface area contributed by atoms with Crippen molar-refractivity contribution >= 4 is 29.1 Å². The Morgan fingerprint density at radius 3 is 2.23 bits per heavy atom. The van der Waals surface area contributed by atoms with Crippen LogP contribution in [0.3, 0.4) is 0 Å². The van der Waals surface area contributed by atoms with Crippen molar-refractivity contribution in [2.45, 2.75) is 45.2 Å². The first-order valence-corrected chi connectivity index (χ1v) is 13.7. The highest BCUT2D eigenvalue weighted by atomic mass is 35.5. The Labute approximate surface area is 239 Å². The summed E-state index contributed by atoms with van der Waals surface area (Å²) in [6.07, 6.45) is 0.299. The van der Waals surface area contributed by atoms with Gasteiger partial charge in [0.1, 0.15) is 6.04 Å². The molecule has 1 atom stereocenters. The monoisotopic (exact) mass is 563 g/mol. The first kappa shape index (κ1) is 29.2.